The third-order valence-electron chi connectivity index (χ3n) is 4.79. The molecular weight excluding hydrogens is 333 g/mol. The Hall–Kier alpha value is -2.56. The van der Waals surface area contributed by atoms with Gasteiger partial charge in [-0.1, -0.05) is 30.3 Å². The van der Waals surface area contributed by atoms with Crippen LogP contribution in [-0.2, 0) is 11.2 Å². The number of nitrogens with zero attached hydrogens (tertiary/aromatic N) is 1. The highest BCUT2D eigenvalue weighted by molar-refractivity contribution is 5.79. The Bertz CT molecular complexity index is 750. The van der Waals surface area contributed by atoms with Crippen LogP contribution >= 0.6 is 0 Å². The highest BCUT2D eigenvalue weighted by Gasteiger charge is 2.26. The van der Waals surface area contributed by atoms with Crippen LogP contribution in [0.15, 0.2) is 48.5 Å². The van der Waals surface area contributed by atoms with E-state index < -0.39 is 0 Å². The number of carbonyl (C=O) groups is 1. The van der Waals surface area contributed by atoms with Crippen LogP contribution in [-0.4, -0.2) is 37.6 Å². The molecule has 26 heavy (non-hydrogen) atoms. The number of carbonyl (C=O) groups excluding carboxylic acids is 1. The maximum atomic E-state index is 13.7. The van der Waals surface area contributed by atoms with Crippen molar-refractivity contribution >= 4 is 5.91 Å². The first-order valence-electron chi connectivity index (χ1n) is 8.94. The predicted octanol–water partition coefficient (Wildman–Crippen LogP) is 3.69. The third kappa shape index (κ3) is 4.54. The molecule has 4 nitrogen and oxygen atoms in total. The fourth-order valence-corrected chi connectivity index (χ4v) is 3.28. The molecular formula is C21H24FNO3. The normalized spacial score (nSPS) is 16.5. The average Bonchev–Trinajstić information content (AvgIpc) is 3.13. The second kappa shape index (κ2) is 8.70. The summed E-state index contributed by atoms with van der Waals surface area (Å²) in [7, 11) is 1.62. The SMILES string of the molecule is COc1ccccc1OCCC1CCN(C(=O)Cc2ccccc2F)C1. The Kier molecular flexibility index (Phi) is 6.10. The minimum atomic E-state index is -0.318. The number of hydrogen-bond acceptors (Lipinski definition) is 3. The van der Waals surface area contributed by atoms with E-state index in [1.165, 1.54) is 6.07 Å². The van der Waals surface area contributed by atoms with Gasteiger partial charge in [-0.25, -0.2) is 4.39 Å². The first-order valence-corrected chi connectivity index (χ1v) is 8.94. The molecule has 1 aliphatic heterocycles. The van der Waals surface area contributed by atoms with Crippen LogP contribution in [0.2, 0.25) is 0 Å². The van der Waals surface area contributed by atoms with Crippen LogP contribution in [0.1, 0.15) is 18.4 Å². The molecule has 0 radical (unpaired) electrons. The van der Waals surface area contributed by atoms with E-state index >= 15 is 0 Å². The van der Waals surface area contributed by atoms with Gasteiger partial charge in [-0.15, -0.1) is 0 Å². The van der Waals surface area contributed by atoms with E-state index in [1.54, 1.807) is 25.3 Å². The van der Waals surface area contributed by atoms with Crippen molar-refractivity contribution in [1.29, 1.82) is 0 Å². The third-order valence-corrected chi connectivity index (χ3v) is 4.79. The van der Waals surface area contributed by atoms with Gasteiger partial charge in [0.15, 0.2) is 11.5 Å². The summed E-state index contributed by atoms with van der Waals surface area (Å²) in [5, 5.41) is 0. The van der Waals surface area contributed by atoms with Crippen LogP contribution in [0.3, 0.4) is 0 Å². The van der Waals surface area contributed by atoms with Crippen LogP contribution in [0.25, 0.3) is 0 Å². The van der Waals surface area contributed by atoms with Crippen molar-refractivity contribution in [2.45, 2.75) is 19.3 Å². The van der Waals surface area contributed by atoms with Gasteiger partial charge in [0.1, 0.15) is 5.82 Å². The van der Waals surface area contributed by atoms with Crippen LogP contribution in [0.4, 0.5) is 4.39 Å². The lowest BCUT2D eigenvalue weighted by atomic mass is 10.1. The molecule has 3 rings (SSSR count). The molecule has 5 heteroatoms. The van der Waals surface area contributed by atoms with Crippen LogP contribution in [0.5, 0.6) is 11.5 Å². The topological polar surface area (TPSA) is 38.8 Å². The van der Waals surface area contributed by atoms with E-state index in [4.69, 9.17) is 9.47 Å². The van der Waals surface area contributed by atoms with Crippen LogP contribution in [0, 0.1) is 11.7 Å². The van der Waals surface area contributed by atoms with Gasteiger partial charge in [0.2, 0.25) is 5.91 Å². The summed E-state index contributed by atoms with van der Waals surface area (Å²) in [6, 6.07) is 14.0. The molecule has 1 fully saturated rings. The summed E-state index contributed by atoms with van der Waals surface area (Å²) in [6.45, 7) is 2.02. The standard InChI is InChI=1S/C21H24FNO3/c1-25-19-8-4-5-9-20(19)26-13-11-16-10-12-23(15-16)21(24)14-17-6-2-3-7-18(17)22/h2-9,16H,10-15H2,1H3. The van der Waals surface area contributed by atoms with E-state index in [0.29, 0.717) is 24.6 Å². The molecule has 1 aliphatic rings. The molecule has 1 atom stereocenters. The van der Waals surface area contributed by atoms with E-state index in [0.717, 1.165) is 30.9 Å². The molecule has 1 saturated heterocycles. The summed E-state index contributed by atoms with van der Waals surface area (Å²) in [5.74, 6) is 1.54. The average molecular weight is 357 g/mol. The van der Waals surface area contributed by atoms with Gasteiger partial charge < -0.3 is 14.4 Å². The zero-order valence-electron chi connectivity index (χ0n) is 15.0. The first-order chi connectivity index (χ1) is 12.7. The number of rotatable bonds is 7. The van der Waals surface area contributed by atoms with Crippen molar-refractivity contribution in [2.75, 3.05) is 26.8 Å². The van der Waals surface area contributed by atoms with Crippen LogP contribution < -0.4 is 9.47 Å². The molecule has 1 heterocycles. The van der Waals surface area contributed by atoms with Crippen molar-refractivity contribution in [1.82, 2.24) is 4.90 Å². The summed E-state index contributed by atoms with van der Waals surface area (Å²) in [6.07, 6.45) is 1.96. The van der Waals surface area contributed by atoms with Gasteiger partial charge in [0.05, 0.1) is 20.1 Å². The lowest BCUT2D eigenvalue weighted by Gasteiger charge is -2.17. The molecule has 2 aromatic rings. The van der Waals surface area contributed by atoms with Crippen molar-refractivity contribution in [3.8, 4) is 11.5 Å². The lowest BCUT2D eigenvalue weighted by Crippen LogP contribution is -2.30. The second-order valence-corrected chi connectivity index (χ2v) is 6.55. The molecule has 0 saturated carbocycles. The highest BCUT2D eigenvalue weighted by Crippen LogP contribution is 2.27. The zero-order valence-corrected chi connectivity index (χ0v) is 15.0. The largest absolute Gasteiger partial charge is 0.493 e. The van der Waals surface area contributed by atoms with Crippen molar-refractivity contribution in [3.63, 3.8) is 0 Å². The Morgan fingerprint density at radius 3 is 2.65 bits per heavy atom. The number of methoxy groups -OCH3 is 1. The number of para-hydroxylation sites is 2. The minimum absolute atomic E-state index is 0.0109. The summed E-state index contributed by atoms with van der Waals surface area (Å²) in [4.78, 5) is 14.2. The minimum Gasteiger partial charge on any atom is -0.493 e. The van der Waals surface area contributed by atoms with Gasteiger partial charge in [-0.2, -0.15) is 0 Å². The van der Waals surface area contributed by atoms with Crippen molar-refractivity contribution < 1.29 is 18.7 Å². The molecule has 0 aromatic heterocycles. The zero-order chi connectivity index (χ0) is 18.4. The molecule has 0 spiro atoms. The number of halogens is 1. The van der Waals surface area contributed by atoms with Gasteiger partial charge in [-0.05, 0) is 42.5 Å². The monoisotopic (exact) mass is 357 g/mol. The number of benzene rings is 2. The number of amides is 1. The molecule has 0 bridgehead atoms. The molecule has 1 amide bonds. The maximum Gasteiger partial charge on any atom is 0.227 e. The first kappa shape index (κ1) is 18.2. The van der Waals surface area contributed by atoms with E-state index in [2.05, 4.69) is 0 Å². The lowest BCUT2D eigenvalue weighted by molar-refractivity contribution is -0.129. The summed E-state index contributed by atoms with van der Waals surface area (Å²) < 4.78 is 24.8. The van der Waals surface area contributed by atoms with Crippen molar-refractivity contribution in [3.05, 3.63) is 59.9 Å². The Balaban J connectivity index is 1.45. The fourth-order valence-electron chi connectivity index (χ4n) is 3.28. The molecule has 0 N–H and O–H groups in total. The van der Waals surface area contributed by atoms with Gasteiger partial charge in [0, 0.05) is 13.1 Å². The second-order valence-electron chi connectivity index (χ2n) is 6.55. The van der Waals surface area contributed by atoms with Gasteiger partial charge in [0.25, 0.3) is 0 Å². The predicted molar refractivity (Wildman–Crippen MR) is 97.9 cm³/mol. The number of likely N-dealkylation sites (tertiary alicyclic amines) is 1. The quantitative estimate of drug-likeness (QED) is 0.759. The fraction of sp³-hybridized carbons (Fsp3) is 0.381. The smallest absolute Gasteiger partial charge is 0.227 e. The molecule has 138 valence electrons. The van der Waals surface area contributed by atoms with Crippen molar-refractivity contribution in [2.24, 2.45) is 5.92 Å². The van der Waals surface area contributed by atoms with Gasteiger partial charge in [-0.3, -0.25) is 4.79 Å². The molecule has 1 unspecified atom stereocenters. The van der Waals surface area contributed by atoms with E-state index in [1.807, 2.05) is 29.2 Å². The van der Waals surface area contributed by atoms with Gasteiger partial charge >= 0.3 is 0 Å². The number of ether oxygens (including phenoxy) is 2. The van der Waals surface area contributed by atoms with E-state index in [9.17, 15) is 9.18 Å². The molecule has 0 aliphatic carbocycles. The Morgan fingerprint density at radius 2 is 1.88 bits per heavy atom. The summed E-state index contributed by atoms with van der Waals surface area (Å²) in [5.41, 5.74) is 0.459. The maximum absolute atomic E-state index is 13.7. The van der Waals surface area contributed by atoms with E-state index in [-0.39, 0.29) is 18.1 Å². The summed E-state index contributed by atoms with van der Waals surface area (Å²) >= 11 is 0. The number of hydrogen-bond donors (Lipinski definition) is 0. The Labute approximate surface area is 153 Å². The molecule has 2 aromatic carbocycles. The highest BCUT2D eigenvalue weighted by atomic mass is 19.1. The Morgan fingerprint density at radius 1 is 1.15 bits per heavy atom.